The van der Waals surface area contributed by atoms with Crippen LogP contribution in [0.3, 0.4) is 0 Å². The predicted octanol–water partition coefficient (Wildman–Crippen LogP) is 1.62. The molecule has 1 atom stereocenters. The Labute approximate surface area is 76.0 Å². The van der Waals surface area contributed by atoms with E-state index in [9.17, 15) is 0 Å². The standard InChI is InChI=1S/C10H20N2/c1-5-7-10(8-6-2)12(4)9-11-3/h5-6,8,10-11H,1,7,9H2,2-4H3/b8-6-. The monoisotopic (exact) mass is 168 g/mol. The zero-order valence-electron chi connectivity index (χ0n) is 8.38. The lowest BCUT2D eigenvalue weighted by molar-refractivity contribution is 0.269. The molecule has 0 saturated carbocycles. The van der Waals surface area contributed by atoms with Gasteiger partial charge in [0.05, 0.1) is 0 Å². The van der Waals surface area contributed by atoms with Crippen molar-refractivity contribution in [1.29, 1.82) is 0 Å². The Morgan fingerprint density at radius 3 is 2.67 bits per heavy atom. The molecule has 0 aliphatic carbocycles. The first-order chi connectivity index (χ1) is 5.76. The van der Waals surface area contributed by atoms with Gasteiger partial charge in [-0.05, 0) is 27.4 Å². The average molecular weight is 168 g/mol. The average Bonchev–Trinajstić information content (AvgIpc) is 2.04. The summed E-state index contributed by atoms with van der Waals surface area (Å²) < 4.78 is 0. The second kappa shape index (κ2) is 7.07. The molecule has 12 heavy (non-hydrogen) atoms. The van der Waals surface area contributed by atoms with E-state index in [1.54, 1.807) is 0 Å². The Bertz CT molecular complexity index is 141. The van der Waals surface area contributed by atoms with Crippen molar-refractivity contribution in [3.63, 3.8) is 0 Å². The van der Waals surface area contributed by atoms with Gasteiger partial charge in [0.1, 0.15) is 0 Å². The molecule has 0 radical (unpaired) electrons. The summed E-state index contributed by atoms with van der Waals surface area (Å²) in [5.41, 5.74) is 0. The fourth-order valence-corrected chi connectivity index (χ4v) is 1.17. The normalized spacial score (nSPS) is 14.0. The first-order valence-corrected chi connectivity index (χ1v) is 4.34. The van der Waals surface area contributed by atoms with E-state index >= 15 is 0 Å². The summed E-state index contributed by atoms with van der Waals surface area (Å²) in [4.78, 5) is 2.25. The second-order valence-corrected chi connectivity index (χ2v) is 2.89. The van der Waals surface area contributed by atoms with Gasteiger partial charge >= 0.3 is 0 Å². The molecule has 0 aliphatic heterocycles. The van der Waals surface area contributed by atoms with Crippen LogP contribution in [0.15, 0.2) is 24.8 Å². The maximum Gasteiger partial charge on any atom is 0.0480 e. The Morgan fingerprint density at radius 1 is 1.58 bits per heavy atom. The fourth-order valence-electron chi connectivity index (χ4n) is 1.17. The zero-order chi connectivity index (χ0) is 9.40. The van der Waals surface area contributed by atoms with Crippen LogP contribution >= 0.6 is 0 Å². The summed E-state index contributed by atoms with van der Waals surface area (Å²) in [5.74, 6) is 0. The maximum atomic E-state index is 3.74. The summed E-state index contributed by atoms with van der Waals surface area (Å²) in [6.07, 6.45) is 7.23. The van der Waals surface area contributed by atoms with E-state index in [0.29, 0.717) is 6.04 Å². The van der Waals surface area contributed by atoms with Gasteiger partial charge in [-0.25, -0.2) is 0 Å². The predicted molar refractivity (Wildman–Crippen MR) is 55.1 cm³/mol. The maximum absolute atomic E-state index is 3.74. The summed E-state index contributed by atoms with van der Waals surface area (Å²) >= 11 is 0. The molecule has 0 aromatic heterocycles. The van der Waals surface area contributed by atoms with Gasteiger partial charge < -0.3 is 5.32 Å². The molecule has 0 fully saturated rings. The summed E-state index contributed by atoms with van der Waals surface area (Å²) in [5, 5.41) is 3.12. The quantitative estimate of drug-likeness (QED) is 0.479. The van der Waals surface area contributed by atoms with Crippen molar-refractivity contribution in [2.75, 3.05) is 20.8 Å². The van der Waals surface area contributed by atoms with Crippen LogP contribution in [0.4, 0.5) is 0 Å². The Hall–Kier alpha value is -0.600. The van der Waals surface area contributed by atoms with Gasteiger partial charge in [0.25, 0.3) is 0 Å². The van der Waals surface area contributed by atoms with E-state index in [4.69, 9.17) is 0 Å². The smallest absolute Gasteiger partial charge is 0.0480 e. The van der Waals surface area contributed by atoms with Crippen molar-refractivity contribution in [3.05, 3.63) is 24.8 Å². The third-order valence-electron chi connectivity index (χ3n) is 1.80. The van der Waals surface area contributed by atoms with Crippen molar-refractivity contribution >= 4 is 0 Å². The molecule has 2 nitrogen and oxygen atoms in total. The van der Waals surface area contributed by atoms with Gasteiger partial charge in [0.2, 0.25) is 0 Å². The molecule has 0 aliphatic rings. The third-order valence-corrected chi connectivity index (χ3v) is 1.80. The largest absolute Gasteiger partial charge is 0.307 e. The van der Waals surface area contributed by atoms with E-state index in [2.05, 4.69) is 36.0 Å². The number of hydrogen-bond donors (Lipinski definition) is 1. The molecule has 0 saturated heterocycles. The highest BCUT2D eigenvalue weighted by Crippen LogP contribution is 2.03. The van der Waals surface area contributed by atoms with E-state index in [-0.39, 0.29) is 0 Å². The molecule has 0 bridgehead atoms. The van der Waals surface area contributed by atoms with Crippen molar-refractivity contribution in [2.45, 2.75) is 19.4 Å². The molecule has 0 spiro atoms. The van der Waals surface area contributed by atoms with Crippen molar-refractivity contribution in [1.82, 2.24) is 10.2 Å². The lowest BCUT2D eigenvalue weighted by Gasteiger charge is -2.23. The van der Waals surface area contributed by atoms with Crippen LogP contribution in [-0.4, -0.2) is 31.7 Å². The number of likely N-dealkylation sites (N-methyl/N-ethyl adjacent to an activating group) is 1. The minimum atomic E-state index is 0.472. The molecule has 0 aromatic rings. The molecule has 0 heterocycles. The summed E-state index contributed by atoms with van der Waals surface area (Å²) in [6.45, 7) is 6.69. The number of nitrogens with one attached hydrogen (secondary N) is 1. The third kappa shape index (κ3) is 4.31. The minimum Gasteiger partial charge on any atom is -0.307 e. The molecular weight excluding hydrogens is 148 g/mol. The van der Waals surface area contributed by atoms with Crippen molar-refractivity contribution in [2.24, 2.45) is 0 Å². The number of hydrogen-bond acceptors (Lipinski definition) is 2. The topological polar surface area (TPSA) is 15.3 Å². The molecular formula is C10H20N2. The van der Waals surface area contributed by atoms with Gasteiger partial charge in [0.15, 0.2) is 0 Å². The molecule has 70 valence electrons. The first-order valence-electron chi connectivity index (χ1n) is 4.34. The Kier molecular flexibility index (Phi) is 6.72. The molecule has 0 aromatic carbocycles. The van der Waals surface area contributed by atoms with E-state index in [1.807, 2.05) is 20.0 Å². The first kappa shape index (κ1) is 11.4. The lowest BCUT2D eigenvalue weighted by atomic mass is 10.2. The van der Waals surface area contributed by atoms with Crippen LogP contribution in [0.1, 0.15) is 13.3 Å². The highest BCUT2D eigenvalue weighted by molar-refractivity contribution is 4.95. The van der Waals surface area contributed by atoms with Crippen molar-refractivity contribution < 1.29 is 0 Å². The molecule has 2 heteroatoms. The van der Waals surface area contributed by atoms with Gasteiger partial charge in [-0.1, -0.05) is 18.2 Å². The van der Waals surface area contributed by atoms with Crippen LogP contribution in [0.2, 0.25) is 0 Å². The molecule has 0 rings (SSSR count). The van der Waals surface area contributed by atoms with Crippen LogP contribution in [0.25, 0.3) is 0 Å². The van der Waals surface area contributed by atoms with Crippen LogP contribution in [0, 0.1) is 0 Å². The molecule has 1 N–H and O–H groups in total. The van der Waals surface area contributed by atoms with E-state index < -0.39 is 0 Å². The SMILES string of the molecule is C=CCC(/C=C\C)N(C)CNC. The highest BCUT2D eigenvalue weighted by Gasteiger charge is 2.07. The molecule has 1 unspecified atom stereocenters. The van der Waals surface area contributed by atoms with Crippen LogP contribution < -0.4 is 5.32 Å². The Morgan fingerprint density at radius 2 is 2.25 bits per heavy atom. The van der Waals surface area contributed by atoms with Gasteiger partial charge in [0, 0.05) is 12.7 Å². The van der Waals surface area contributed by atoms with Gasteiger partial charge in [-0.15, -0.1) is 6.58 Å². The van der Waals surface area contributed by atoms with E-state index in [1.165, 1.54) is 0 Å². The number of allylic oxidation sites excluding steroid dienone is 1. The second-order valence-electron chi connectivity index (χ2n) is 2.89. The number of rotatable bonds is 6. The van der Waals surface area contributed by atoms with Crippen molar-refractivity contribution in [3.8, 4) is 0 Å². The highest BCUT2D eigenvalue weighted by atomic mass is 15.2. The zero-order valence-corrected chi connectivity index (χ0v) is 8.38. The van der Waals surface area contributed by atoms with Gasteiger partial charge in [-0.3, -0.25) is 4.90 Å². The van der Waals surface area contributed by atoms with Gasteiger partial charge in [-0.2, -0.15) is 0 Å². The Balaban J connectivity index is 3.97. The number of nitrogens with zero attached hydrogens (tertiary/aromatic N) is 1. The molecule has 0 amide bonds. The van der Waals surface area contributed by atoms with Crippen LogP contribution in [0.5, 0.6) is 0 Å². The van der Waals surface area contributed by atoms with Crippen LogP contribution in [-0.2, 0) is 0 Å². The summed E-state index contributed by atoms with van der Waals surface area (Å²) in [7, 11) is 4.06. The summed E-state index contributed by atoms with van der Waals surface area (Å²) in [6, 6.07) is 0.472. The minimum absolute atomic E-state index is 0.472. The fraction of sp³-hybridized carbons (Fsp3) is 0.600. The lowest BCUT2D eigenvalue weighted by Crippen LogP contribution is -2.36. The van der Waals surface area contributed by atoms with E-state index in [0.717, 1.165) is 13.1 Å².